The molecule has 0 fully saturated rings. The first-order valence-corrected chi connectivity index (χ1v) is 5.64. The Hall–Kier alpha value is -1.34. The third kappa shape index (κ3) is 6.75. The van der Waals surface area contributed by atoms with E-state index in [-0.39, 0.29) is 13.2 Å². The summed E-state index contributed by atoms with van der Waals surface area (Å²) in [5.41, 5.74) is 1.13. The molecule has 0 aromatic heterocycles. The largest absolute Gasteiger partial charge is 0.391 e. The maximum atomic E-state index is 9.50. The lowest BCUT2D eigenvalue weighted by Crippen LogP contribution is -2.17. The summed E-state index contributed by atoms with van der Waals surface area (Å²) in [5.74, 6) is 2.35. The molecule has 1 aromatic carbocycles. The highest BCUT2D eigenvalue weighted by molar-refractivity contribution is 5.13. The summed E-state index contributed by atoms with van der Waals surface area (Å²) in [6.45, 7) is 1.58. The van der Waals surface area contributed by atoms with E-state index in [4.69, 9.17) is 15.9 Å². The highest BCUT2D eigenvalue weighted by atomic mass is 16.5. The van der Waals surface area contributed by atoms with Crippen LogP contribution in [0.1, 0.15) is 12.0 Å². The zero-order valence-electron chi connectivity index (χ0n) is 9.84. The van der Waals surface area contributed by atoms with E-state index in [1.165, 1.54) is 0 Å². The second-order valence-electron chi connectivity index (χ2n) is 3.70. The van der Waals surface area contributed by atoms with Gasteiger partial charge in [0.1, 0.15) is 6.61 Å². The molecule has 0 radical (unpaired) electrons. The summed E-state index contributed by atoms with van der Waals surface area (Å²) in [7, 11) is 0. The fourth-order valence-electron chi connectivity index (χ4n) is 1.32. The smallest absolute Gasteiger partial charge is 0.107 e. The van der Waals surface area contributed by atoms with E-state index in [0.717, 1.165) is 5.56 Å². The van der Waals surface area contributed by atoms with Crippen molar-refractivity contribution in [2.45, 2.75) is 19.1 Å². The van der Waals surface area contributed by atoms with Crippen LogP contribution in [0.4, 0.5) is 0 Å². The molecule has 17 heavy (non-hydrogen) atoms. The predicted octanol–water partition coefficient (Wildman–Crippen LogP) is 1.60. The molecule has 1 aromatic rings. The number of terminal acetylenes is 1. The van der Waals surface area contributed by atoms with E-state index in [1.54, 1.807) is 0 Å². The molecule has 0 bridgehead atoms. The third-order valence-corrected chi connectivity index (χ3v) is 2.20. The monoisotopic (exact) mass is 234 g/mol. The molecule has 3 heteroatoms. The molecule has 1 atom stereocenters. The molecule has 1 N–H and O–H groups in total. The third-order valence-electron chi connectivity index (χ3n) is 2.20. The van der Waals surface area contributed by atoms with Gasteiger partial charge in [-0.05, 0) is 12.0 Å². The lowest BCUT2D eigenvalue weighted by atomic mass is 10.2. The maximum Gasteiger partial charge on any atom is 0.107 e. The highest BCUT2D eigenvalue weighted by Gasteiger charge is 2.03. The molecular weight excluding hydrogens is 216 g/mol. The van der Waals surface area contributed by atoms with E-state index >= 15 is 0 Å². The SMILES string of the molecule is C#CCOCC(O)CCOCc1ccccc1. The molecule has 0 aliphatic rings. The van der Waals surface area contributed by atoms with Crippen LogP contribution >= 0.6 is 0 Å². The standard InChI is InChI=1S/C14H18O3/c1-2-9-16-12-14(15)8-10-17-11-13-6-4-3-5-7-13/h1,3-7,14-15H,8-12H2. The van der Waals surface area contributed by atoms with Gasteiger partial charge in [-0.15, -0.1) is 6.42 Å². The summed E-state index contributed by atoms with van der Waals surface area (Å²) < 4.78 is 10.5. The van der Waals surface area contributed by atoms with Crippen molar-refractivity contribution in [2.75, 3.05) is 19.8 Å². The van der Waals surface area contributed by atoms with Crippen LogP contribution < -0.4 is 0 Å². The summed E-state index contributed by atoms with van der Waals surface area (Å²) in [5, 5.41) is 9.50. The number of ether oxygens (including phenoxy) is 2. The quantitative estimate of drug-likeness (QED) is 0.548. The first kappa shape index (κ1) is 13.7. The number of benzene rings is 1. The molecular formula is C14H18O3. The van der Waals surface area contributed by atoms with Crippen LogP contribution in [0.15, 0.2) is 30.3 Å². The Bertz CT molecular complexity index is 329. The average Bonchev–Trinajstić information content (AvgIpc) is 2.36. The Kier molecular flexibility index (Phi) is 7.08. The van der Waals surface area contributed by atoms with Crippen LogP contribution in [0.25, 0.3) is 0 Å². The molecule has 0 heterocycles. The second kappa shape index (κ2) is 8.77. The Morgan fingerprint density at radius 2 is 2.00 bits per heavy atom. The highest BCUT2D eigenvalue weighted by Crippen LogP contribution is 2.02. The Labute approximate surface area is 102 Å². The lowest BCUT2D eigenvalue weighted by Gasteiger charge is -2.10. The molecule has 0 saturated carbocycles. The summed E-state index contributed by atoms with van der Waals surface area (Å²) in [6, 6.07) is 9.93. The normalized spacial score (nSPS) is 12.0. The maximum absolute atomic E-state index is 9.50. The van der Waals surface area contributed by atoms with Gasteiger partial charge in [-0.25, -0.2) is 0 Å². The van der Waals surface area contributed by atoms with Gasteiger partial charge in [0.25, 0.3) is 0 Å². The van der Waals surface area contributed by atoms with Crippen molar-refractivity contribution in [3.05, 3.63) is 35.9 Å². The van der Waals surface area contributed by atoms with E-state index in [1.807, 2.05) is 30.3 Å². The zero-order chi connectivity index (χ0) is 12.3. The predicted molar refractivity (Wildman–Crippen MR) is 66.4 cm³/mol. The van der Waals surface area contributed by atoms with Crippen molar-refractivity contribution in [3.8, 4) is 12.3 Å². The van der Waals surface area contributed by atoms with Crippen LogP contribution in [0.2, 0.25) is 0 Å². The minimum absolute atomic E-state index is 0.238. The number of aliphatic hydroxyl groups excluding tert-OH is 1. The summed E-state index contributed by atoms with van der Waals surface area (Å²) in [6.07, 6.45) is 5.06. The first-order valence-electron chi connectivity index (χ1n) is 5.64. The van der Waals surface area contributed by atoms with Gasteiger partial charge < -0.3 is 14.6 Å². The topological polar surface area (TPSA) is 38.7 Å². The molecule has 1 rings (SSSR count). The Morgan fingerprint density at radius 3 is 2.71 bits per heavy atom. The molecule has 0 saturated heterocycles. The van der Waals surface area contributed by atoms with E-state index in [0.29, 0.717) is 19.6 Å². The van der Waals surface area contributed by atoms with Gasteiger partial charge in [0.05, 0.1) is 19.3 Å². The van der Waals surface area contributed by atoms with Crippen molar-refractivity contribution < 1.29 is 14.6 Å². The van der Waals surface area contributed by atoms with Crippen LogP contribution in [0.3, 0.4) is 0 Å². The van der Waals surface area contributed by atoms with Gasteiger partial charge in [0, 0.05) is 6.61 Å². The van der Waals surface area contributed by atoms with E-state index in [9.17, 15) is 5.11 Å². The summed E-state index contributed by atoms with van der Waals surface area (Å²) >= 11 is 0. The fraction of sp³-hybridized carbons (Fsp3) is 0.429. The van der Waals surface area contributed by atoms with E-state index < -0.39 is 6.10 Å². The number of hydrogen-bond acceptors (Lipinski definition) is 3. The Balaban J connectivity index is 2.02. The summed E-state index contributed by atoms with van der Waals surface area (Å²) in [4.78, 5) is 0. The first-order chi connectivity index (χ1) is 8.33. The van der Waals surface area contributed by atoms with Crippen molar-refractivity contribution in [1.29, 1.82) is 0 Å². The van der Waals surface area contributed by atoms with Gasteiger partial charge in [0.15, 0.2) is 0 Å². The second-order valence-corrected chi connectivity index (χ2v) is 3.70. The minimum atomic E-state index is -0.515. The number of aliphatic hydroxyl groups is 1. The van der Waals surface area contributed by atoms with Crippen molar-refractivity contribution >= 4 is 0 Å². The minimum Gasteiger partial charge on any atom is -0.391 e. The van der Waals surface area contributed by atoms with Crippen molar-refractivity contribution in [3.63, 3.8) is 0 Å². The molecule has 0 aliphatic carbocycles. The van der Waals surface area contributed by atoms with E-state index in [2.05, 4.69) is 5.92 Å². The van der Waals surface area contributed by atoms with Crippen LogP contribution in [-0.2, 0) is 16.1 Å². The van der Waals surface area contributed by atoms with Gasteiger partial charge in [0.2, 0.25) is 0 Å². The molecule has 0 spiro atoms. The fourth-order valence-corrected chi connectivity index (χ4v) is 1.32. The van der Waals surface area contributed by atoms with Crippen LogP contribution in [-0.4, -0.2) is 31.0 Å². The van der Waals surface area contributed by atoms with Gasteiger partial charge in [-0.2, -0.15) is 0 Å². The van der Waals surface area contributed by atoms with Crippen LogP contribution in [0, 0.1) is 12.3 Å². The molecule has 3 nitrogen and oxygen atoms in total. The zero-order valence-corrected chi connectivity index (χ0v) is 9.84. The van der Waals surface area contributed by atoms with Gasteiger partial charge in [-0.3, -0.25) is 0 Å². The molecule has 92 valence electrons. The molecule has 0 amide bonds. The van der Waals surface area contributed by atoms with Crippen molar-refractivity contribution in [2.24, 2.45) is 0 Å². The molecule has 1 unspecified atom stereocenters. The number of hydrogen-bond donors (Lipinski definition) is 1. The lowest BCUT2D eigenvalue weighted by molar-refractivity contribution is 0.0203. The van der Waals surface area contributed by atoms with Crippen molar-refractivity contribution in [1.82, 2.24) is 0 Å². The Morgan fingerprint density at radius 1 is 1.24 bits per heavy atom. The number of rotatable bonds is 8. The van der Waals surface area contributed by atoms with Gasteiger partial charge >= 0.3 is 0 Å². The molecule has 0 aliphatic heterocycles. The van der Waals surface area contributed by atoms with Gasteiger partial charge in [-0.1, -0.05) is 36.3 Å². The van der Waals surface area contributed by atoms with Crippen LogP contribution in [0.5, 0.6) is 0 Å². The average molecular weight is 234 g/mol.